The Balaban J connectivity index is 2.98. The number of hydrazone groups is 1. The van der Waals surface area contributed by atoms with Crippen LogP contribution in [0.4, 0.5) is 5.69 Å². The number of amidine groups is 1. The Bertz CT molecular complexity index is 588. The summed E-state index contributed by atoms with van der Waals surface area (Å²) < 4.78 is 0. The van der Waals surface area contributed by atoms with E-state index in [1.54, 1.807) is 6.07 Å². The van der Waals surface area contributed by atoms with Crippen LogP contribution in [-0.4, -0.2) is 27.7 Å². The average Bonchev–Trinajstić information content (AvgIpc) is 2.32. The molecule has 0 saturated heterocycles. The van der Waals surface area contributed by atoms with E-state index in [2.05, 4.69) is 10.5 Å². The van der Waals surface area contributed by atoms with Gasteiger partial charge in [-0.2, -0.15) is 10.4 Å². The Labute approximate surface area is 108 Å². The quantitative estimate of drug-likeness (QED) is 0.221. The zero-order valence-electron chi connectivity index (χ0n) is 9.71. The molecule has 0 spiro atoms. The molecule has 6 N–H and O–H groups in total. The van der Waals surface area contributed by atoms with E-state index in [1.807, 2.05) is 0 Å². The number of nitrogens with two attached hydrogens (primary N) is 1. The van der Waals surface area contributed by atoms with Gasteiger partial charge in [0.2, 0.25) is 5.71 Å². The zero-order chi connectivity index (χ0) is 14.4. The molecule has 0 bridgehead atoms. The summed E-state index contributed by atoms with van der Waals surface area (Å²) in [4.78, 5) is 10.6. The third-order valence-electron chi connectivity index (χ3n) is 2.07. The van der Waals surface area contributed by atoms with Gasteiger partial charge in [-0.25, -0.2) is 0 Å². The molecule has 0 atom stereocenters. The lowest BCUT2D eigenvalue weighted by atomic mass is 10.1. The number of phenols is 1. The van der Waals surface area contributed by atoms with Gasteiger partial charge >= 0.3 is 5.97 Å². The van der Waals surface area contributed by atoms with E-state index in [0.717, 1.165) is 0 Å². The maximum absolute atomic E-state index is 10.6. The molecule has 1 rings (SSSR count). The van der Waals surface area contributed by atoms with Crippen molar-refractivity contribution >= 4 is 23.2 Å². The lowest BCUT2D eigenvalue weighted by molar-refractivity contribution is -0.136. The molecule has 0 radical (unpaired) electrons. The minimum atomic E-state index is -1.01. The van der Waals surface area contributed by atoms with Crippen molar-refractivity contribution in [2.24, 2.45) is 10.8 Å². The largest absolute Gasteiger partial charge is 0.506 e. The molecule has 0 saturated carbocycles. The third-order valence-corrected chi connectivity index (χ3v) is 2.07. The smallest absolute Gasteiger partial charge is 0.307 e. The highest BCUT2D eigenvalue weighted by molar-refractivity contribution is 6.45. The second kappa shape index (κ2) is 6.02. The number of phenolic OH excluding ortho intramolecular Hbond substituents is 1. The van der Waals surface area contributed by atoms with Crippen LogP contribution in [0.2, 0.25) is 0 Å². The van der Waals surface area contributed by atoms with Crippen LogP contribution in [-0.2, 0) is 11.2 Å². The number of carbonyl (C=O) groups is 1. The maximum atomic E-state index is 10.6. The van der Waals surface area contributed by atoms with Crippen molar-refractivity contribution < 1.29 is 15.0 Å². The molecular weight excluding hydrogens is 250 g/mol. The number of hydrogen-bond acceptors (Lipinski definition) is 6. The van der Waals surface area contributed by atoms with Gasteiger partial charge in [-0.3, -0.25) is 15.6 Å². The molecule has 1 aromatic rings. The molecule has 1 aromatic carbocycles. The fourth-order valence-electron chi connectivity index (χ4n) is 1.22. The van der Waals surface area contributed by atoms with Crippen LogP contribution in [0.1, 0.15) is 5.56 Å². The molecule has 0 unspecified atom stereocenters. The summed E-state index contributed by atoms with van der Waals surface area (Å²) in [7, 11) is 0. The minimum Gasteiger partial charge on any atom is -0.506 e. The van der Waals surface area contributed by atoms with E-state index >= 15 is 0 Å². The normalized spacial score (nSPS) is 10.6. The van der Waals surface area contributed by atoms with Gasteiger partial charge in [0.1, 0.15) is 11.8 Å². The number of hydrogen-bond donors (Lipinski definition) is 5. The average molecular weight is 261 g/mol. The van der Waals surface area contributed by atoms with Gasteiger partial charge < -0.3 is 15.9 Å². The first-order valence-electron chi connectivity index (χ1n) is 5.06. The van der Waals surface area contributed by atoms with Crippen LogP contribution < -0.4 is 11.2 Å². The summed E-state index contributed by atoms with van der Waals surface area (Å²) in [6.07, 6.45) is -0.212. The van der Waals surface area contributed by atoms with Crippen LogP contribution in [0.15, 0.2) is 23.3 Å². The Hall–Kier alpha value is -3.08. The predicted molar refractivity (Wildman–Crippen MR) is 68.0 cm³/mol. The van der Waals surface area contributed by atoms with Crippen molar-refractivity contribution in [3.05, 3.63) is 23.8 Å². The monoisotopic (exact) mass is 261 g/mol. The third kappa shape index (κ3) is 4.01. The molecule has 0 aliphatic heterocycles. The predicted octanol–water partition coefficient (Wildman–Crippen LogP) is 0.247. The van der Waals surface area contributed by atoms with Gasteiger partial charge in [-0.15, -0.1) is 0 Å². The van der Waals surface area contributed by atoms with Crippen LogP contribution in [0.3, 0.4) is 0 Å². The van der Waals surface area contributed by atoms with Crippen molar-refractivity contribution in [3.8, 4) is 11.8 Å². The van der Waals surface area contributed by atoms with Crippen molar-refractivity contribution in [2.75, 3.05) is 5.43 Å². The van der Waals surface area contributed by atoms with E-state index in [9.17, 15) is 9.90 Å². The van der Waals surface area contributed by atoms with Crippen LogP contribution in [0.5, 0.6) is 5.75 Å². The molecule has 98 valence electrons. The van der Waals surface area contributed by atoms with Gasteiger partial charge in [0.25, 0.3) is 0 Å². The second-order valence-corrected chi connectivity index (χ2v) is 3.52. The number of rotatable bonds is 5. The summed E-state index contributed by atoms with van der Waals surface area (Å²) in [5.41, 5.74) is 7.68. The van der Waals surface area contributed by atoms with Gasteiger partial charge in [0, 0.05) is 0 Å². The molecule has 0 amide bonds. The van der Waals surface area contributed by atoms with Crippen molar-refractivity contribution in [2.45, 2.75) is 6.42 Å². The summed E-state index contributed by atoms with van der Waals surface area (Å²) in [5, 5.41) is 37.4. The van der Waals surface area contributed by atoms with E-state index in [4.69, 9.17) is 21.5 Å². The number of aromatic hydroxyl groups is 1. The fourth-order valence-corrected chi connectivity index (χ4v) is 1.22. The fraction of sp³-hybridized carbons (Fsp3) is 0.0909. The van der Waals surface area contributed by atoms with Crippen LogP contribution in [0.25, 0.3) is 0 Å². The number of nitrogens with one attached hydrogen (secondary N) is 2. The van der Waals surface area contributed by atoms with E-state index < -0.39 is 11.8 Å². The Morgan fingerprint density at radius 3 is 2.79 bits per heavy atom. The van der Waals surface area contributed by atoms with E-state index in [-0.39, 0.29) is 23.6 Å². The van der Waals surface area contributed by atoms with Gasteiger partial charge in [0.05, 0.1) is 12.1 Å². The second-order valence-electron chi connectivity index (χ2n) is 3.52. The standard InChI is InChI=1S/C11H11N5O3/c12-5-8(11(13)14)16-15-7-3-6(4-10(18)19)1-2-9(7)17/h1-3,15,17H,4H2,(H3,13,14)(H,18,19)/b16-8+. The molecule has 0 aromatic heterocycles. The topological polar surface area (TPSA) is 156 Å². The van der Waals surface area contributed by atoms with Crippen molar-refractivity contribution in [1.29, 1.82) is 10.7 Å². The zero-order valence-corrected chi connectivity index (χ0v) is 9.71. The Morgan fingerprint density at radius 1 is 1.58 bits per heavy atom. The van der Waals surface area contributed by atoms with Crippen LogP contribution in [0, 0.1) is 16.7 Å². The number of carboxylic acids is 1. The van der Waals surface area contributed by atoms with E-state index in [0.29, 0.717) is 5.56 Å². The SMILES string of the molecule is N#C/C(=N\Nc1cc(CC(=O)O)ccc1O)C(=N)N. The molecule has 0 aliphatic carbocycles. The minimum absolute atomic E-state index is 0.118. The molecular formula is C11H11N5O3. The highest BCUT2D eigenvalue weighted by Gasteiger charge is 2.07. The van der Waals surface area contributed by atoms with E-state index in [1.165, 1.54) is 18.2 Å². The molecule has 8 heteroatoms. The van der Waals surface area contributed by atoms with Gasteiger partial charge in [-0.05, 0) is 17.7 Å². The summed E-state index contributed by atoms with van der Waals surface area (Å²) in [6, 6.07) is 5.73. The van der Waals surface area contributed by atoms with Gasteiger partial charge in [0.15, 0.2) is 5.84 Å². The first-order chi connectivity index (χ1) is 8.93. The highest BCUT2D eigenvalue weighted by Crippen LogP contribution is 2.24. The highest BCUT2D eigenvalue weighted by atomic mass is 16.4. The molecule has 0 heterocycles. The summed E-state index contributed by atoms with van der Waals surface area (Å²) >= 11 is 0. The number of nitrogens with zero attached hydrogens (tertiary/aromatic N) is 2. The van der Waals surface area contributed by atoms with Crippen molar-refractivity contribution in [3.63, 3.8) is 0 Å². The number of benzene rings is 1. The van der Waals surface area contributed by atoms with Gasteiger partial charge in [-0.1, -0.05) is 6.07 Å². The lowest BCUT2D eigenvalue weighted by Crippen LogP contribution is -2.21. The molecule has 8 nitrogen and oxygen atoms in total. The number of nitriles is 1. The first kappa shape index (κ1) is 14.0. The molecule has 0 aliphatic rings. The van der Waals surface area contributed by atoms with Crippen LogP contribution >= 0.6 is 0 Å². The number of aliphatic carboxylic acids is 1. The summed E-state index contributed by atoms with van der Waals surface area (Å²) in [6.45, 7) is 0. The van der Waals surface area contributed by atoms with Crippen molar-refractivity contribution in [1.82, 2.24) is 0 Å². The number of carboxylic acid groups (broad SMARTS) is 1. The number of anilines is 1. The molecule has 0 fully saturated rings. The Kier molecular flexibility index (Phi) is 4.43. The summed E-state index contributed by atoms with van der Waals surface area (Å²) in [5.74, 6) is -1.70. The maximum Gasteiger partial charge on any atom is 0.307 e. The Morgan fingerprint density at radius 2 is 2.26 bits per heavy atom. The molecule has 19 heavy (non-hydrogen) atoms. The lowest BCUT2D eigenvalue weighted by Gasteiger charge is -2.06. The first-order valence-corrected chi connectivity index (χ1v) is 5.06.